The molecule has 0 aliphatic carbocycles. The SMILES string of the molecule is O=C(CN(Cc1ccc(Cl)cc1Cl)S(=O)(=O)c1ccc(Br)cc1)NCCCO. The molecule has 2 N–H and O–H groups in total. The lowest BCUT2D eigenvalue weighted by molar-refractivity contribution is -0.121. The fourth-order valence-electron chi connectivity index (χ4n) is 2.34. The second-order valence-electron chi connectivity index (χ2n) is 5.89. The van der Waals surface area contributed by atoms with Crippen LogP contribution in [-0.2, 0) is 21.4 Å². The minimum absolute atomic E-state index is 0.0592. The number of hydrogen-bond acceptors (Lipinski definition) is 4. The first-order valence-electron chi connectivity index (χ1n) is 8.31. The molecule has 0 radical (unpaired) electrons. The topological polar surface area (TPSA) is 86.7 Å². The van der Waals surface area contributed by atoms with Crippen LogP contribution < -0.4 is 5.32 Å². The second-order valence-corrected chi connectivity index (χ2v) is 9.59. The Morgan fingerprint density at radius 3 is 2.43 bits per heavy atom. The molecule has 0 aliphatic rings. The Bertz CT molecular complexity index is 924. The van der Waals surface area contributed by atoms with Crippen molar-refractivity contribution in [3.05, 3.63) is 62.5 Å². The molecule has 0 aromatic heterocycles. The van der Waals surface area contributed by atoms with Crippen molar-refractivity contribution in [2.24, 2.45) is 0 Å². The molecule has 0 spiro atoms. The molecule has 10 heteroatoms. The standard InChI is InChI=1S/C18H19BrCl2N2O4S/c19-14-3-6-16(7-4-14)28(26,27)23(12-18(25)22-8-1-9-24)11-13-2-5-15(20)10-17(13)21/h2-7,10,24H,1,8-9,11-12H2,(H,22,25). The Morgan fingerprint density at radius 1 is 1.14 bits per heavy atom. The summed E-state index contributed by atoms with van der Waals surface area (Å²) in [7, 11) is -3.96. The van der Waals surface area contributed by atoms with Crippen molar-refractivity contribution in [2.45, 2.75) is 17.9 Å². The maximum atomic E-state index is 13.1. The molecule has 0 atom stereocenters. The molecule has 0 saturated carbocycles. The molecule has 2 aromatic rings. The van der Waals surface area contributed by atoms with E-state index in [9.17, 15) is 13.2 Å². The molecular formula is C18H19BrCl2N2O4S. The minimum Gasteiger partial charge on any atom is -0.396 e. The highest BCUT2D eigenvalue weighted by atomic mass is 79.9. The average molecular weight is 510 g/mol. The molecule has 2 rings (SSSR count). The van der Waals surface area contributed by atoms with Gasteiger partial charge in [0.15, 0.2) is 0 Å². The first kappa shape index (κ1) is 23.1. The van der Waals surface area contributed by atoms with Crippen molar-refractivity contribution in [2.75, 3.05) is 19.7 Å². The fraction of sp³-hybridized carbons (Fsp3) is 0.278. The number of nitrogens with one attached hydrogen (secondary N) is 1. The van der Waals surface area contributed by atoms with Gasteiger partial charge in [0.25, 0.3) is 0 Å². The van der Waals surface area contributed by atoms with Crippen LogP contribution in [-0.4, -0.2) is 43.4 Å². The van der Waals surface area contributed by atoms with E-state index in [0.717, 1.165) is 8.78 Å². The zero-order valence-corrected chi connectivity index (χ0v) is 18.7. The molecule has 28 heavy (non-hydrogen) atoms. The lowest BCUT2D eigenvalue weighted by atomic mass is 10.2. The fourth-order valence-corrected chi connectivity index (χ4v) is 4.45. The van der Waals surface area contributed by atoms with E-state index in [0.29, 0.717) is 22.0 Å². The summed E-state index contributed by atoms with van der Waals surface area (Å²) in [6.45, 7) is -0.296. The van der Waals surface area contributed by atoms with Gasteiger partial charge in [0.2, 0.25) is 15.9 Å². The Kier molecular flexibility index (Phi) is 8.73. The molecule has 6 nitrogen and oxygen atoms in total. The van der Waals surface area contributed by atoms with Gasteiger partial charge in [-0.2, -0.15) is 4.31 Å². The molecule has 1 amide bonds. The van der Waals surface area contributed by atoms with Gasteiger partial charge in [-0.1, -0.05) is 45.2 Å². The van der Waals surface area contributed by atoms with E-state index in [4.69, 9.17) is 28.3 Å². The number of rotatable bonds is 9. The van der Waals surface area contributed by atoms with Crippen molar-refractivity contribution in [3.63, 3.8) is 0 Å². The normalized spacial score (nSPS) is 11.6. The summed E-state index contributed by atoms with van der Waals surface area (Å²) in [5, 5.41) is 12.1. The second kappa shape index (κ2) is 10.6. The summed E-state index contributed by atoms with van der Waals surface area (Å²) in [6, 6.07) is 10.9. The lowest BCUT2D eigenvalue weighted by Crippen LogP contribution is -2.40. The monoisotopic (exact) mass is 508 g/mol. The molecule has 2 aromatic carbocycles. The molecular weight excluding hydrogens is 491 g/mol. The zero-order valence-electron chi connectivity index (χ0n) is 14.7. The number of benzene rings is 2. The third-order valence-corrected chi connectivity index (χ3v) is 6.71. The van der Waals surface area contributed by atoms with Crippen LogP contribution in [0.2, 0.25) is 10.0 Å². The van der Waals surface area contributed by atoms with Crippen LogP contribution in [0.25, 0.3) is 0 Å². The first-order valence-corrected chi connectivity index (χ1v) is 11.3. The number of nitrogens with zero attached hydrogens (tertiary/aromatic N) is 1. The largest absolute Gasteiger partial charge is 0.396 e. The Balaban J connectivity index is 2.31. The summed E-state index contributed by atoms with van der Waals surface area (Å²) in [5.74, 6) is -0.473. The number of hydrogen-bond donors (Lipinski definition) is 2. The summed E-state index contributed by atoms with van der Waals surface area (Å²) >= 11 is 15.4. The van der Waals surface area contributed by atoms with Crippen LogP contribution in [0.15, 0.2) is 51.8 Å². The van der Waals surface area contributed by atoms with Crippen molar-refractivity contribution >= 4 is 55.1 Å². The van der Waals surface area contributed by atoms with Crippen LogP contribution in [0.4, 0.5) is 0 Å². The Hall–Kier alpha value is -1.16. The number of sulfonamides is 1. The number of carbonyl (C=O) groups excluding carboxylic acids is 1. The molecule has 0 fully saturated rings. The number of aliphatic hydroxyl groups is 1. The Morgan fingerprint density at radius 2 is 1.82 bits per heavy atom. The van der Waals surface area contributed by atoms with Gasteiger partial charge >= 0.3 is 0 Å². The first-order chi connectivity index (χ1) is 13.2. The lowest BCUT2D eigenvalue weighted by Gasteiger charge is -2.22. The van der Waals surface area contributed by atoms with Crippen molar-refractivity contribution in [3.8, 4) is 0 Å². The highest BCUT2D eigenvalue weighted by Gasteiger charge is 2.27. The third kappa shape index (κ3) is 6.43. The average Bonchev–Trinajstić information content (AvgIpc) is 2.63. The van der Waals surface area contributed by atoms with Gasteiger partial charge in [0.05, 0.1) is 11.4 Å². The summed E-state index contributed by atoms with van der Waals surface area (Å²) in [4.78, 5) is 12.3. The highest BCUT2D eigenvalue weighted by Crippen LogP contribution is 2.25. The van der Waals surface area contributed by atoms with Gasteiger partial charge in [0.1, 0.15) is 0 Å². The molecule has 0 aliphatic heterocycles. The number of aliphatic hydroxyl groups excluding tert-OH is 1. The highest BCUT2D eigenvalue weighted by molar-refractivity contribution is 9.10. The van der Waals surface area contributed by atoms with E-state index in [2.05, 4.69) is 21.2 Å². The third-order valence-electron chi connectivity index (χ3n) is 3.79. The van der Waals surface area contributed by atoms with Crippen LogP contribution in [0.3, 0.4) is 0 Å². The number of halogens is 3. The summed E-state index contributed by atoms with van der Waals surface area (Å²) < 4.78 is 28.0. The molecule has 0 heterocycles. The predicted octanol–water partition coefficient (Wildman–Crippen LogP) is 3.45. The van der Waals surface area contributed by atoms with Gasteiger partial charge in [0, 0.05) is 34.2 Å². The van der Waals surface area contributed by atoms with Crippen molar-refractivity contribution in [1.29, 1.82) is 0 Å². The van der Waals surface area contributed by atoms with Gasteiger partial charge in [-0.25, -0.2) is 8.42 Å². The quantitative estimate of drug-likeness (QED) is 0.507. The van der Waals surface area contributed by atoms with E-state index in [1.165, 1.54) is 18.2 Å². The van der Waals surface area contributed by atoms with E-state index in [1.807, 2.05) is 0 Å². The van der Waals surface area contributed by atoms with E-state index in [1.54, 1.807) is 24.3 Å². The van der Waals surface area contributed by atoms with Crippen molar-refractivity contribution < 1.29 is 18.3 Å². The molecule has 0 bridgehead atoms. The number of amides is 1. The van der Waals surface area contributed by atoms with E-state index >= 15 is 0 Å². The molecule has 0 unspecified atom stereocenters. The Labute approximate surface area is 182 Å². The van der Waals surface area contributed by atoms with E-state index in [-0.39, 0.29) is 31.1 Å². The molecule has 152 valence electrons. The summed E-state index contributed by atoms with van der Waals surface area (Å²) in [5.41, 5.74) is 0.523. The van der Waals surface area contributed by atoms with Gasteiger partial charge in [-0.3, -0.25) is 4.79 Å². The number of carbonyl (C=O) groups is 1. The maximum absolute atomic E-state index is 13.1. The van der Waals surface area contributed by atoms with Gasteiger partial charge in [-0.05, 0) is 48.4 Å². The van der Waals surface area contributed by atoms with Crippen LogP contribution >= 0.6 is 39.1 Å². The zero-order chi connectivity index (χ0) is 20.7. The smallest absolute Gasteiger partial charge is 0.243 e. The van der Waals surface area contributed by atoms with E-state index < -0.39 is 15.9 Å². The minimum atomic E-state index is -3.96. The summed E-state index contributed by atoms with van der Waals surface area (Å²) in [6.07, 6.45) is 0.383. The van der Waals surface area contributed by atoms with Crippen LogP contribution in [0.5, 0.6) is 0 Å². The van der Waals surface area contributed by atoms with Crippen LogP contribution in [0, 0.1) is 0 Å². The maximum Gasteiger partial charge on any atom is 0.243 e. The predicted molar refractivity (Wildman–Crippen MR) is 113 cm³/mol. The molecule has 0 saturated heterocycles. The van der Waals surface area contributed by atoms with Crippen molar-refractivity contribution in [1.82, 2.24) is 9.62 Å². The van der Waals surface area contributed by atoms with Crippen LogP contribution in [0.1, 0.15) is 12.0 Å². The van der Waals surface area contributed by atoms with Gasteiger partial charge < -0.3 is 10.4 Å². The van der Waals surface area contributed by atoms with Gasteiger partial charge in [-0.15, -0.1) is 0 Å².